The van der Waals surface area contributed by atoms with Crippen molar-refractivity contribution < 1.29 is 9.69 Å². The van der Waals surface area contributed by atoms with Gasteiger partial charge in [-0.1, -0.05) is 53.8 Å². The van der Waals surface area contributed by atoms with Crippen molar-refractivity contribution in [3.63, 3.8) is 0 Å². The smallest absolute Gasteiger partial charge is 0.284 e. The first-order valence-corrected chi connectivity index (χ1v) is 12.1. The standard InChI is InChI=1S/C26H28N4OS/c1-19-9-6-14-23-25(19)27-26(32-23)30(17-20-10-4-3-5-11-20)24(31)18-29-16-8-13-22(29)21-12-7-15-28(21)2/h3-7,9-12,14-15,22H,8,13,16-18H2,1-2H3/p+1. The molecule has 5 rings (SSSR count). The van der Waals surface area contributed by atoms with E-state index in [2.05, 4.69) is 67.2 Å². The van der Waals surface area contributed by atoms with Crippen LogP contribution in [0.1, 0.15) is 35.7 Å². The number of anilines is 1. The fourth-order valence-electron chi connectivity index (χ4n) is 4.82. The second-order valence-corrected chi connectivity index (χ2v) is 9.72. The second-order valence-electron chi connectivity index (χ2n) is 8.71. The summed E-state index contributed by atoms with van der Waals surface area (Å²) in [7, 11) is 2.10. The number of rotatable bonds is 6. The summed E-state index contributed by atoms with van der Waals surface area (Å²) in [6, 6.07) is 21.1. The molecule has 6 heteroatoms. The van der Waals surface area contributed by atoms with Gasteiger partial charge in [0.25, 0.3) is 5.91 Å². The molecule has 164 valence electrons. The van der Waals surface area contributed by atoms with Crippen molar-refractivity contribution >= 4 is 32.6 Å². The summed E-state index contributed by atoms with van der Waals surface area (Å²) in [5.74, 6) is 0.140. The van der Waals surface area contributed by atoms with Gasteiger partial charge in [-0.25, -0.2) is 4.98 Å². The van der Waals surface area contributed by atoms with Crippen molar-refractivity contribution in [3.05, 3.63) is 83.7 Å². The van der Waals surface area contributed by atoms with Crippen LogP contribution >= 0.6 is 11.3 Å². The van der Waals surface area contributed by atoms with Crippen molar-refractivity contribution in [3.8, 4) is 0 Å². The predicted octanol–water partition coefficient (Wildman–Crippen LogP) is 3.90. The van der Waals surface area contributed by atoms with Gasteiger partial charge in [-0.2, -0.15) is 0 Å². The van der Waals surface area contributed by atoms with E-state index in [1.807, 2.05) is 23.1 Å². The van der Waals surface area contributed by atoms with Crippen LogP contribution in [0.2, 0.25) is 0 Å². The lowest BCUT2D eigenvalue weighted by Gasteiger charge is -2.25. The number of fused-ring (bicyclic) bond motifs is 1. The number of hydrogen-bond donors (Lipinski definition) is 1. The molecule has 0 aliphatic carbocycles. The van der Waals surface area contributed by atoms with Crippen LogP contribution in [0.5, 0.6) is 0 Å². The summed E-state index contributed by atoms with van der Waals surface area (Å²) >= 11 is 1.61. The Kier molecular flexibility index (Phi) is 5.81. The van der Waals surface area contributed by atoms with E-state index in [-0.39, 0.29) is 5.91 Å². The van der Waals surface area contributed by atoms with Gasteiger partial charge >= 0.3 is 0 Å². The van der Waals surface area contributed by atoms with Crippen molar-refractivity contribution in [1.29, 1.82) is 0 Å². The lowest BCUT2D eigenvalue weighted by atomic mass is 10.1. The Balaban J connectivity index is 1.45. The normalized spacial score (nSPS) is 18.3. The largest absolute Gasteiger partial charge is 0.350 e. The molecule has 0 saturated carbocycles. The van der Waals surface area contributed by atoms with Gasteiger partial charge in [0, 0.05) is 26.1 Å². The molecular formula is C26H29N4OS+. The Hall–Kier alpha value is -2.96. The van der Waals surface area contributed by atoms with E-state index in [0.717, 1.165) is 45.9 Å². The molecule has 1 saturated heterocycles. The van der Waals surface area contributed by atoms with Crippen LogP contribution in [0.25, 0.3) is 10.2 Å². The van der Waals surface area contributed by atoms with Gasteiger partial charge in [0.05, 0.1) is 29.0 Å². The van der Waals surface area contributed by atoms with E-state index in [1.165, 1.54) is 10.6 Å². The summed E-state index contributed by atoms with van der Waals surface area (Å²) in [5, 5.41) is 0.789. The number of hydrogen-bond acceptors (Lipinski definition) is 3. The highest BCUT2D eigenvalue weighted by Gasteiger charge is 2.35. The van der Waals surface area contributed by atoms with E-state index in [1.54, 1.807) is 11.3 Å². The van der Waals surface area contributed by atoms with Gasteiger partial charge in [-0.15, -0.1) is 0 Å². The van der Waals surface area contributed by atoms with Gasteiger partial charge in [-0.05, 0) is 36.2 Å². The van der Waals surface area contributed by atoms with Crippen molar-refractivity contribution in [1.82, 2.24) is 9.55 Å². The average molecular weight is 446 g/mol. The van der Waals surface area contributed by atoms with Crippen LogP contribution in [0.4, 0.5) is 5.13 Å². The first-order valence-electron chi connectivity index (χ1n) is 11.3. The zero-order valence-electron chi connectivity index (χ0n) is 18.6. The highest BCUT2D eigenvalue weighted by Crippen LogP contribution is 2.31. The lowest BCUT2D eigenvalue weighted by Crippen LogP contribution is -3.11. The molecule has 1 fully saturated rings. The van der Waals surface area contributed by atoms with Crippen LogP contribution in [0, 0.1) is 6.92 Å². The minimum Gasteiger partial charge on any atom is -0.350 e. The molecule has 2 atom stereocenters. The van der Waals surface area contributed by atoms with E-state index in [9.17, 15) is 4.79 Å². The SMILES string of the molecule is Cc1cccc2sc(N(Cc3ccccc3)C(=O)C[NH+]3CCCC3c3cccn3C)nc12. The number of aromatic nitrogens is 2. The zero-order valence-corrected chi connectivity index (χ0v) is 19.4. The van der Waals surface area contributed by atoms with E-state index >= 15 is 0 Å². The average Bonchev–Trinajstić information content (AvgIpc) is 3.52. The van der Waals surface area contributed by atoms with Crippen LogP contribution in [-0.4, -0.2) is 28.5 Å². The maximum atomic E-state index is 13.7. The van der Waals surface area contributed by atoms with Crippen molar-refractivity contribution in [2.75, 3.05) is 18.0 Å². The first-order chi connectivity index (χ1) is 15.6. The monoisotopic (exact) mass is 445 g/mol. The molecule has 1 aliphatic rings. The molecule has 2 unspecified atom stereocenters. The topological polar surface area (TPSA) is 42.6 Å². The summed E-state index contributed by atoms with van der Waals surface area (Å²) in [6.45, 7) is 4.13. The zero-order chi connectivity index (χ0) is 22.1. The number of carbonyl (C=O) groups is 1. The Labute approximate surface area is 192 Å². The molecule has 0 bridgehead atoms. The second kappa shape index (κ2) is 8.88. The Bertz CT molecular complexity index is 1230. The molecule has 1 amide bonds. The number of likely N-dealkylation sites (tertiary alicyclic amines) is 1. The maximum Gasteiger partial charge on any atom is 0.284 e. The fourth-order valence-corrected chi connectivity index (χ4v) is 5.88. The highest BCUT2D eigenvalue weighted by molar-refractivity contribution is 7.22. The fraction of sp³-hybridized carbons (Fsp3) is 0.308. The predicted molar refractivity (Wildman–Crippen MR) is 130 cm³/mol. The number of benzene rings is 2. The Morgan fingerprint density at radius 1 is 1.16 bits per heavy atom. The Morgan fingerprint density at radius 2 is 2.00 bits per heavy atom. The van der Waals surface area contributed by atoms with E-state index in [0.29, 0.717) is 19.1 Å². The van der Waals surface area contributed by atoms with Gasteiger partial charge in [0.1, 0.15) is 6.04 Å². The van der Waals surface area contributed by atoms with Gasteiger partial charge < -0.3 is 9.47 Å². The number of thiazole rings is 1. The van der Waals surface area contributed by atoms with Crippen molar-refractivity contribution in [2.24, 2.45) is 7.05 Å². The third kappa shape index (κ3) is 4.08. The lowest BCUT2D eigenvalue weighted by molar-refractivity contribution is -0.910. The van der Waals surface area contributed by atoms with E-state index in [4.69, 9.17) is 4.98 Å². The number of amides is 1. The van der Waals surface area contributed by atoms with Crippen molar-refractivity contribution in [2.45, 2.75) is 32.4 Å². The molecule has 0 radical (unpaired) electrons. The number of nitrogens with zero attached hydrogens (tertiary/aromatic N) is 3. The summed E-state index contributed by atoms with van der Waals surface area (Å²) < 4.78 is 3.32. The van der Waals surface area contributed by atoms with Crippen LogP contribution in [0.15, 0.2) is 66.9 Å². The first kappa shape index (κ1) is 20.9. The third-order valence-electron chi connectivity index (χ3n) is 6.53. The highest BCUT2D eigenvalue weighted by atomic mass is 32.1. The minimum atomic E-state index is 0.140. The summed E-state index contributed by atoms with van der Waals surface area (Å²) in [4.78, 5) is 21.9. The molecule has 1 N–H and O–H groups in total. The molecule has 2 aromatic heterocycles. The molecule has 5 nitrogen and oxygen atoms in total. The van der Waals surface area contributed by atoms with Gasteiger partial charge in [-0.3, -0.25) is 9.69 Å². The minimum absolute atomic E-state index is 0.140. The molecule has 1 aliphatic heterocycles. The summed E-state index contributed by atoms with van der Waals surface area (Å²) in [5.41, 5.74) is 4.57. The number of para-hydroxylation sites is 1. The summed E-state index contributed by atoms with van der Waals surface area (Å²) in [6.07, 6.45) is 4.37. The molecule has 32 heavy (non-hydrogen) atoms. The van der Waals surface area contributed by atoms with Gasteiger partial charge in [0.15, 0.2) is 11.7 Å². The number of quaternary nitrogens is 1. The van der Waals surface area contributed by atoms with Crippen LogP contribution in [-0.2, 0) is 18.4 Å². The number of aryl methyl sites for hydroxylation is 2. The Morgan fingerprint density at radius 3 is 2.75 bits per heavy atom. The van der Waals surface area contributed by atoms with Crippen LogP contribution in [0.3, 0.4) is 0 Å². The molecule has 2 aromatic carbocycles. The molecular weight excluding hydrogens is 416 g/mol. The number of nitrogens with one attached hydrogen (secondary N) is 1. The maximum absolute atomic E-state index is 13.7. The third-order valence-corrected chi connectivity index (χ3v) is 7.57. The number of carbonyl (C=O) groups excluding carboxylic acids is 1. The molecule has 3 heterocycles. The van der Waals surface area contributed by atoms with Gasteiger partial charge in [0.2, 0.25) is 0 Å². The van der Waals surface area contributed by atoms with E-state index < -0.39 is 0 Å². The molecule has 4 aromatic rings. The molecule has 0 spiro atoms. The van der Waals surface area contributed by atoms with Crippen LogP contribution < -0.4 is 9.80 Å². The quantitative estimate of drug-likeness (QED) is 0.489.